The predicted molar refractivity (Wildman–Crippen MR) is 108 cm³/mol. The van der Waals surface area contributed by atoms with Gasteiger partial charge in [0.1, 0.15) is 10.7 Å². The Morgan fingerprint density at radius 2 is 2.04 bits per heavy atom. The molecule has 1 atom stereocenters. The number of aromatic nitrogens is 4. The van der Waals surface area contributed by atoms with Crippen LogP contribution in [0.1, 0.15) is 28.3 Å². The van der Waals surface area contributed by atoms with Gasteiger partial charge in [0.15, 0.2) is 0 Å². The lowest BCUT2D eigenvalue weighted by atomic mass is 10.2. The van der Waals surface area contributed by atoms with Gasteiger partial charge in [0.25, 0.3) is 11.5 Å². The minimum absolute atomic E-state index is 0.189. The van der Waals surface area contributed by atoms with Gasteiger partial charge in [-0.05, 0) is 25.1 Å². The van der Waals surface area contributed by atoms with Gasteiger partial charge >= 0.3 is 5.69 Å². The van der Waals surface area contributed by atoms with Crippen LogP contribution in [-0.2, 0) is 7.05 Å². The van der Waals surface area contributed by atoms with Gasteiger partial charge in [-0.15, -0.1) is 11.3 Å². The average Bonchev–Trinajstić information content (AvgIpc) is 3.14. The quantitative estimate of drug-likeness (QED) is 0.572. The molecule has 1 aromatic carbocycles. The fourth-order valence-corrected chi connectivity index (χ4v) is 4.03. The van der Waals surface area contributed by atoms with Crippen LogP contribution in [0.3, 0.4) is 0 Å². The Morgan fingerprint density at radius 1 is 1.29 bits per heavy atom. The summed E-state index contributed by atoms with van der Waals surface area (Å²) in [6, 6.07) is 9.03. The van der Waals surface area contributed by atoms with Gasteiger partial charge in [0.2, 0.25) is 0 Å². The van der Waals surface area contributed by atoms with Crippen molar-refractivity contribution in [2.75, 3.05) is 7.05 Å². The first-order chi connectivity index (χ1) is 13.4. The lowest BCUT2D eigenvalue weighted by molar-refractivity contribution is 0.0742. The molecule has 0 bridgehead atoms. The molecule has 4 rings (SSSR count). The number of aryl methyl sites for hydroxylation is 1. The number of thiazole rings is 1. The number of nitrogens with one attached hydrogen (secondary N) is 1. The standard InChI is InChI=1S/C19H17N5O3S/c1-10(17-21-13-6-4-5-7-14(13)28-17)23(2)18(26)11-8-12-15(20-9-11)24(3)19(27)22-16(12)25/h4-10H,1-3H3,(H,22,25,27). The third-order valence-corrected chi connectivity index (χ3v) is 5.98. The van der Waals surface area contributed by atoms with E-state index in [0.717, 1.165) is 15.2 Å². The van der Waals surface area contributed by atoms with Crippen molar-refractivity contribution in [1.29, 1.82) is 0 Å². The number of nitrogens with zero attached hydrogens (tertiary/aromatic N) is 4. The van der Waals surface area contributed by atoms with Crippen LogP contribution in [0.5, 0.6) is 0 Å². The van der Waals surface area contributed by atoms with E-state index in [1.54, 1.807) is 23.3 Å². The second kappa shape index (κ2) is 6.68. The second-order valence-electron chi connectivity index (χ2n) is 6.53. The topological polar surface area (TPSA) is 101 Å². The van der Waals surface area contributed by atoms with Crippen molar-refractivity contribution in [2.24, 2.45) is 7.05 Å². The fourth-order valence-electron chi connectivity index (χ4n) is 2.97. The maximum Gasteiger partial charge on any atom is 0.329 e. The Kier molecular flexibility index (Phi) is 4.31. The molecule has 3 heterocycles. The van der Waals surface area contributed by atoms with E-state index in [1.165, 1.54) is 23.9 Å². The Morgan fingerprint density at radius 3 is 2.79 bits per heavy atom. The molecule has 0 aliphatic rings. The molecule has 142 valence electrons. The Labute approximate surface area is 163 Å². The van der Waals surface area contributed by atoms with Crippen molar-refractivity contribution < 1.29 is 4.79 Å². The van der Waals surface area contributed by atoms with Gasteiger partial charge in [-0.1, -0.05) is 12.1 Å². The number of fused-ring (bicyclic) bond motifs is 2. The number of rotatable bonds is 3. The van der Waals surface area contributed by atoms with Gasteiger partial charge in [-0.3, -0.25) is 19.1 Å². The summed E-state index contributed by atoms with van der Waals surface area (Å²) in [5.41, 5.74) is 0.280. The molecule has 0 aliphatic carbocycles. The molecule has 0 aliphatic heterocycles. The molecular formula is C19H17N5O3S. The van der Waals surface area contributed by atoms with E-state index in [-0.39, 0.29) is 28.5 Å². The van der Waals surface area contributed by atoms with Crippen LogP contribution < -0.4 is 11.2 Å². The molecule has 0 spiro atoms. The number of pyridine rings is 1. The molecule has 1 N–H and O–H groups in total. The first-order valence-corrected chi connectivity index (χ1v) is 9.40. The maximum atomic E-state index is 13.0. The Balaban J connectivity index is 1.70. The first-order valence-electron chi connectivity index (χ1n) is 8.58. The van der Waals surface area contributed by atoms with Crippen molar-refractivity contribution in [3.05, 3.63) is 67.9 Å². The summed E-state index contributed by atoms with van der Waals surface area (Å²) in [7, 11) is 3.20. The van der Waals surface area contributed by atoms with Crippen LogP contribution in [0.4, 0.5) is 0 Å². The van der Waals surface area contributed by atoms with E-state index in [1.807, 2.05) is 31.2 Å². The van der Waals surface area contributed by atoms with Crippen LogP contribution in [0.2, 0.25) is 0 Å². The van der Waals surface area contributed by atoms with E-state index in [9.17, 15) is 14.4 Å². The highest BCUT2D eigenvalue weighted by atomic mass is 32.1. The number of carbonyl (C=O) groups is 1. The smallest absolute Gasteiger partial charge is 0.329 e. The summed E-state index contributed by atoms with van der Waals surface area (Å²) in [5.74, 6) is -0.283. The molecule has 4 aromatic rings. The molecule has 1 amide bonds. The lowest BCUT2D eigenvalue weighted by Gasteiger charge is -2.23. The first kappa shape index (κ1) is 18.1. The molecule has 0 fully saturated rings. The van der Waals surface area contributed by atoms with E-state index in [4.69, 9.17) is 0 Å². The van der Waals surface area contributed by atoms with E-state index < -0.39 is 11.2 Å². The van der Waals surface area contributed by atoms with Gasteiger partial charge in [0.05, 0.1) is 27.2 Å². The summed E-state index contributed by atoms with van der Waals surface area (Å²) in [5, 5.41) is 1.01. The maximum absolute atomic E-state index is 13.0. The third-order valence-electron chi connectivity index (χ3n) is 4.77. The number of aromatic amines is 1. The zero-order valence-corrected chi connectivity index (χ0v) is 16.3. The predicted octanol–water partition coefficient (Wildman–Crippen LogP) is 2.06. The molecule has 0 saturated carbocycles. The second-order valence-corrected chi connectivity index (χ2v) is 7.59. The molecule has 0 saturated heterocycles. The SMILES string of the molecule is CC(c1nc2ccccc2s1)N(C)C(=O)c1cnc2c(c1)c(=O)[nH]c(=O)n2C. The number of para-hydroxylation sites is 1. The minimum Gasteiger partial charge on any atom is -0.332 e. The average molecular weight is 395 g/mol. The molecule has 0 radical (unpaired) electrons. The van der Waals surface area contributed by atoms with Crippen LogP contribution in [0, 0.1) is 0 Å². The van der Waals surface area contributed by atoms with Gasteiger partial charge in [-0.2, -0.15) is 0 Å². The summed E-state index contributed by atoms with van der Waals surface area (Å²) in [6.07, 6.45) is 1.38. The molecule has 3 aromatic heterocycles. The van der Waals surface area contributed by atoms with Crippen LogP contribution in [-0.4, -0.2) is 37.4 Å². The molecule has 1 unspecified atom stereocenters. The third kappa shape index (κ3) is 2.89. The zero-order chi connectivity index (χ0) is 20.0. The monoisotopic (exact) mass is 395 g/mol. The normalized spacial score (nSPS) is 12.4. The van der Waals surface area contributed by atoms with Crippen LogP contribution in [0.25, 0.3) is 21.3 Å². The van der Waals surface area contributed by atoms with Gasteiger partial charge < -0.3 is 4.90 Å². The number of benzene rings is 1. The zero-order valence-electron chi connectivity index (χ0n) is 15.5. The highest BCUT2D eigenvalue weighted by molar-refractivity contribution is 7.18. The summed E-state index contributed by atoms with van der Waals surface area (Å²) < 4.78 is 2.29. The van der Waals surface area contributed by atoms with Crippen molar-refractivity contribution in [3.8, 4) is 0 Å². The van der Waals surface area contributed by atoms with Gasteiger partial charge in [-0.25, -0.2) is 14.8 Å². The molecule has 8 nitrogen and oxygen atoms in total. The van der Waals surface area contributed by atoms with Crippen LogP contribution >= 0.6 is 11.3 Å². The molecule has 28 heavy (non-hydrogen) atoms. The number of amides is 1. The summed E-state index contributed by atoms with van der Waals surface area (Å²) in [6.45, 7) is 1.90. The van der Waals surface area contributed by atoms with Crippen molar-refractivity contribution in [3.63, 3.8) is 0 Å². The number of hydrogen-bond acceptors (Lipinski definition) is 6. The fraction of sp³-hybridized carbons (Fsp3) is 0.211. The molecular weight excluding hydrogens is 378 g/mol. The van der Waals surface area contributed by atoms with Crippen molar-refractivity contribution >= 4 is 38.5 Å². The Hall–Kier alpha value is -3.33. The van der Waals surface area contributed by atoms with E-state index in [0.29, 0.717) is 0 Å². The number of carbonyl (C=O) groups excluding carboxylic acids is 1. The van der Waals surface area contributed by atoms with Crippen LogP contribution in [0.15, 0.2) is 46.1 Å². The largest absolute Gasteiger partial charge is 0.332 e. The Bertz CT molecular complexity index is 1300. The van der Waals surface area contributed by atoms with Crippen molar-refractivity contribution in [1.82, 2.24) is 24.4 Å². The van der Waals surface area contributed by atoms with Gasteiger partial charge in [0, 0.05) is 20.3 Å². The summed E-state index contributed by atoms with van der Waals surface area (Å²) in [4.78, 5) is 49.3. The van der Waals surface area contributed by atoms with E-state index >= 15 is 0 Å². The number of H-pyrrole nitrogens is 1. The summed E-state index contributed by atoms with van der Waals surface area (Å²) >= 11 is 1.54. The van der Waals surface area contributed by atoms with Crippen molar-refractivity contribution in [2.45, 2.75) is 13.0 Å². The highest BCUT2D eigenvalue weighted by Gasteiger charge is 2.23. The van der Waals surface area contributed by atoms with E-state index in [2.05, 4.69) is 15.0 Å². The highest BCUT2D eigenvalue weighted by Crippen LogP contribution is 2.29. The molecule has 9 heteroatoms. The lowest BCUT2D eigenvalue weighted by Crippen LogP contribution is -2.31. The minimum atomic E-state index is -0.567. The number of hydrogen-bond donors (Lipinski definition) is 1.